The fraction of sp³-hybridized carbons (Fsp3) is 0.176. The van der Waals surface area contributed by atoms with Gasteiger partial charge >= 0.3 is 0 Å². The van der Waals surface area contributed by atoms with Crippen LogP contribution in [0.4, 0.5) is 4.39 Å². The normalized spacial score (nSPS) is 10.2. The summed E-state index contributed by atoms with van der Waals surface area (Å²) in [5.41, 5.74) is 1.33. The van der Waals surface area contributed by atoms with Crippen LogP contribution in [0.15, 0.2) is 54.6 Å². The van der Waals surface area contributed by atoms with Gasteiger partial charge in [-0.25, -0.2) is 4.39 Å². The average Bonchev–Trinajstić information content (AvgIpc) is 2.56. The SMILES string of the molecule is O=C(NC(=S)N(CCO)Cc1ccccc1)c1ccc(F)cc1. The molecule has 6 heteroatoms. The zero-order valence-corrected chi connectivity index (χ0v) is 13.2. The molecule has 0 radical (unpaired) electrons. The number of rotatable bonds is 5. The zero-order valence-electron chi connectivity index (χ0n) is 12.4. The number of hydrogen-bond donors (Lipinski definition) is 2. The summed E-state index contributed by atoms with van der Waals surface area (Å²) in [6, 6.07) is 14.8. The number of benzene rings is 2. The van der Waals surface area contributed by atoms with E-state index < -0.39 is 11.7 Å². The van der Waals surface area contributed by atoms with E-state index in [4.69, 9.17) is 12.2 Å². The highest BCUT2D eigenvalue weighted by Gasteiger charge is 2.14. The summed E-state index contributed by atoms with van der Waals surface area (Å²) in [5, 5.41) is 12.0. The molecule has 2 aromatic carbocycles. The lowest BCUT2D eigenvalue weighted by atomic mass is 10.2. The van der Waals surface area contributed by atoms with Gasteiger partial charge in [-0.3, -0.25) is 10.1 Å². The van der Waals surface area contributed by atoms with Crippen molar-refractivity contribution in [3.8, 4) is 0 Å². The molecule has 1 amide bonds. The van der Waals surface area contributed by atoms with E-state index in [1.807, 2.05) is 30.3 Å². The molecule has 0 spiro atoms. The molecule has 0 unspecified atom stereocenters. The Kier molecular flexibility index (Phi) is 6.19. The maximum atomic E-state index is 12.9. The molecular weight excluding hydrogens is 315 g/mol. The summed E-state index contributed by atoms with van der Waals surface area (Å²) in [4.78, 5) is 13.8. The summed E-state index contributed by atoms with van der Waals surface area (Å²) in [5.74, 6) is -0.818. The number of hydrogen-bond acceptors (Lipinski definition) is 3. The molecule has 120 valence electrons. The van der Waals surface area contributed by atoms with Crippen LogP contribution in [0, 0.1) is 5.82 Å². The molecule has 23 heavy (non-hydrogen) atoms. The van der Waals surface area contributed by atoms with Crippen LogP contribution >= 0.6 is 12.2 Å². The van der Waals surface area contributed by atoms with Crippen LogP contribution in [0.5, 0.6) is 0 Å². The molecule has 0 fully saturated rings. The van der Waals surface area contributed by atoms with Gasteiger partial charge in [0, 0.05) is 18.7 Å². The van der Waals surface area contributed by atoms with E-state index in [0.29, 0.717) is 18.7 Å². The second-order valence-electron chi connectivity index (χ2n) is 4.90. The standard InChI is InChI=1S/C17H17FN2O2S/c18-15-8-6-14(7-9-15)16(22)19-17(23)20(10-11-21)12-13-4-2-1-3-5-13/h1-9,21H,10-12H2,(H,19,22,23). The second kappa shape index (κ2) is 8.36. The van der Waals surface area contributed by atoms with E-state index >= 15 is 0 Å². The van der Waals surface area contributed by atoms with Crippen LogP contribution in [0.2, 0.25) is 0 Å². The molecule has 2 N–H and O–H groups in total. The van der Waals surface area contributed by atoms with E-state index in [9.17, 15) is 14.3 Å². The molecule has 2 rings (SSSR count). The lowest BCUT2D eigenvalue weighted by Crippen LogP contribution is -2.43. The monoisotopic (exact) mass is 332 g/mol. The molecule has 0 heterocycles. The van der Waals surface area contributed by atoms with Gasteiger partial charge in [-0.2, -0.15) is 0 Å². The quantitative estimate of drug-likeness (QED) is 0.825. The topological polar surface area (TPSA) is 52.6 Å². The van der Waals surface area contributed by atoms with Crippen molar-refractivity contribution in [2.75, 3.05) is 13.2 Å². The third kappa shape index (κ3) is 5.12. The molecule has 0 saturated carbocycles. The number of carbonyl (C=O) groups excluding carboxylic acids is 1. The number of nitrogens with one attached hydrogen (secondary N) is 1. The highest BCUT2D eigenvalue weighted by atomic mass is 32.1. The first-order valence-electron chi connectivity index (χ1n) is 7.11. The van der Waals surface area contributed by atoms with Crippen LogP contribution in [0.1, 0.15) is 15.9 Å². The first-order chi connectivity index (χ1) is 11.1. The maximum Gasteiger partial charge on any atom is 0.257 e. The Balaban J connectivity index is 2.02. The highest BCUT2D eigenvalue weighted by molar-refractivity contribution is 7.80. The number of amides is 1. The van der Waals surface area contributed by atoms with Crippen molar-refractivity contribution in [2.24, 2.45) is 0 Å². The number of nitrogens with zero attached hydrogens (tertiary/aromatic N) is 1. The summed E-state index contributed by atoms with van der Waals surface area (Å²) in [6.07, 6.45) is 0. The van der Waals surface area contributed by atoms with Crippen LogP contribution in [0.25, 0.3) is 0 Å². The molecule has 0 aliphatic rings. The minimum absolute atomic E-state index is 0.0839. The van der Waals surface area contributed by atoms with Gasteiger partial charge in [-0.15, -0.1) is 0 Å². The number of aliphatic hydroxyl groups excluding tert-OH is 1. The number of thiocarbonyl (C=S) groups is 1. The Hall–Kier alpha value is -2.31. The summed E-state index contributed by atoms with van der Waals surface area (Å²) in [7, 11) is 0. The fourth-order valence-electron chi connectivity index (χ4n) is 2.03. The Bertz CT molecular complexity index is 662. The van der Waals surface area contributed by atoms with Gasteiger partial charge in [0.25, 0.3) is 5.91 Å². The first kappa shape index (κ1) is 17.1. The number of aliphatic hydroxyl groups is 1. The van der Waals surface area contributed by atoms with Crippen LogP contribution in [-0.2, 0) is 6.54 Å². The third-order valence-electron chi connectivity index (χ3n) is 3.20. The molecular formula is C17H17FN2O2S. The van der Waals surface area contributed by atoms with Crippen molar-refractivity contribution in [1.82, 2.24) is 10.2 Å². The molecule has 0 bridgehead atoms. The van der Waals surface area contributed by atoms with Crippen molar-refractivity contribution in [1.29, 1.82) is 0 Å². The lowest BCUT2D eigenvalue weighted by molar-refractivity contribution is 0.0971. The Labute approximate surface area is 139 Å². The van der Waals surface area contributed by atoms with Crippen LogP contribution in [0.3, 0.4) is 0 Å². The predicted octanol–water partition coefficient (Wildman–Crippen LogP) is 2.33. The van der Waals surface area contributed by atoms with E-state index in [-0.39, 0.29) is 11.7 Å². The van der Waals surface area contributed by atoms with E-state index in [0.717, 1.165) is 5.56 Å². The lowest BCUT2D eigenvalue weighted by Gasteiger charge is -2.24. The van der Waals surface area contributed by atoms with Crippen molar-refractivity contribution in [2.45, 2.75) is 6.54 Å². The summed E-state index contributed by atoms with van der Waals surface area (Å²) >= 11 is 5.25. The maximum absolute atomic E-state index is 12.9. The summed E-state index contributed by atoms with van der Waals surface area (Å²) < 4.78 is 12.9. The third-order valence-corrected chi connectivity index (χ3v) is 3.56. The van der Waals surface area contributed by atoms with Crippen molar-refractivity contribution < 1.29 is 14.3 Å². The van der Waals surface area contributed by atoms with Gasteiger partial charge in [0.1, 0.15) is 5.82 Å². The Morgan fingerprint density at radius 2 is 1.78 bits per heavy atom. The van der Waals surface area contributed by atoms with Gasteiger partial charge in [-0.1, -0.05) is 30.3 Å². The molecule has 0 atom stereocenters. The Morgan fingerprint density at radius 1 is 1.13 bits per heavy atom. The average molecular weight is 332 g/mol. The molecule has 4 nitrogen and oxygen atoms in total. The largest absolute Gasteiger partial charge is 0.395 e. The van der Waals surface area contributed by atoms with Crippen molar-refractivity contribution in [3.05, 3.63) is 71.5 Å². The van der Waals surface area contributed by atoms with Crippen molar-refractivity contribution in [3.63, 3.8) is 0 Å². The van der Waals surface area contributed by atoms with Gasteiger partial charge in [-0.05, 0) is 42.0 Å². The molecule has 0 aromatic heterocycles. The van der Waals surface area contributed by atoms with Crippen LogP contribution < -0.4 is 5.32 Å². The second-order valence-corrected chi connectivity index (χ2v) is 5.28. The van der Waals surface area contributed by atoms with Gasteiger partial charge < -0.3 is 10.0 Å². The number of carbonyl (C=O) groups is 1. The fourth-order valence-corrected chi connectivity index (χ4v) is 2.28. The van der Waals surface area contributed by atoms with E-state index in [1.54, 1.807) is 4.90 Å². The first-order valence-corrected chi connectivity index (χ1v) is 7.51. The highest BCUT2D eigenvalue weighted by Crippen LogP contribution is 2.06. The predicted molar refractivity (Wildman–Crippen MR) is 90.4 cm³/mol. The number of halogens is 1. The van der Waals surface area contributed by atoms with Crippen LogP contribution in [-0.4, -0.2) is 34.2 Å². The smallest absolute Gasteiger partial charge is 0.257 e. The summed E-state index contributed by atoms with van der Waals surface area (Å²) in [6.45, 7) is 0.695. The molecule has 2 aromatic rings. The molecule has 0 aliphatic heterocycles. The molecule has 0 aliphatic carbocycles. The van der Waals surface area contributed by atoms with Crippen molar-refractivity contribution >= 4 is 23.2 Å². The minimum atomic E-state index is -0.411. The Morgan fingerprint density at radius 3 is 2.39 bits per heavy atom. The minimum Gasteiger partial charge on any atom is -0.395 e. The van der Waals surface area contributed by atoms with E-state index in [1.165, 1.54) is 24.3 Å². The van der Waals surface area contributed by atoms with Gasteiger partial charge in [0.15, 0.2) is 5.11 Å². The molecule has 0 saturated heterocycles. The van der Waals surface area contributed by atoms with Gasteiger partial charge in [0.05, 0.1) is 6.61 Å². The van der Waals surface area contributed by atoms with Gasteiger partial charge in [0.2, 0.25) is 0 Å². The van der Waals surface area contributed by atoms with E-state index in [2.05, 4.69) is 5.32 Å². The zero-order chi connectivity index (χ0) is 16.7.